The van der Waals surface area contributed by atoms with E-state index in [0.717, 1.165) is 52.1 Å². The minimum absolute atomic E-state index is 0.00247. The number of rotatable bonds is 6. The van der Waals surface area contributed by atoms with Crippen molar-refractivity contribution in [2.24, 2.45) is 11.3 Å². The average molecular weight is 389 g/mol. The number of hydrogen-bond acceptors (Lipinski definition) is 6. The zero-order valence-electron chi connectivity index (χ0n) is 15.9. The quantitative estimate of drug-likeness (QED) is 0.708. The van der Waals surface area contributed by atoms with Crippen molar-refractivity contribution in [1.82, 2.24) is 9.80 Å². The molecule has 2 atom stereocenters. The number of nitrogens with zero attached hydrogens (tertiary/aromatic N) is 2. The summed E-state index contributed by atoms with van der Waals surface area (Å²) in [6.07, 6.45) is 5.47. The highest BCUT2D eigenvalue weighted by Crippen LogP contribution is 2.44. The van der Waals surface area contributed by atoms with Gasteiger partial charge < -0.3 is 9.15 Å². The summed E-state index contributed by atoms with van der Waals surface area (Å²) in [7, 11) is 0. The third kappa shape index (κ3) is 3.98. The Balaban J connectivity index is 1.52. The van der Waals surface area contributed by atoms with Gasteiger partial charge in [0.1, 0.15) is 0 Å². The molecule has 0 bridgehead atoms. The molecule has 4 rings (SSSR count). The molecule has 0 unspecified atom stereocenters. The zero-order chi connectivity index (χ0) is 18.7. The highest BCUT2D eigenvalue weighted by molar-refractivity contribution is 7.09. The van der Waals surface area contributed by atoms with E-state index in [4.69, 9.17) is 9.15 Å². The van der Waals surface area contributed by atoms with Crippen LogP contribution in [0.15, 0.2) is 40.5 Å². The lowest BCUT2D eigenvalue weighted by atomic mass is 9.75. The highest BCUT2D eigenvalue weighted by Gasteiger charge is 2.53. The van der Waals surface area contributed by atoms with Crippen molar-refractivity contribution in [3.05, 3.63) is 46.5 Å². The number of carbonyl (C=O) groups excluding carboxylic acids is 1. The second-order valence-corrected chi connectivity index (χ2v) is 8.83. The van der Waals surface area contributed by atoms with E-state index in [0.29, 0.717) is 12.5 Å². The molecule has 27 heavy (non-hydrogen) atoms. The first-order chi connectivity index (χ1) is 13.2. The fourth-order valence-electron chi connectivity index (χ4n) is 4.75. The van der Waals surface area contributed by atoms with Gasteiger partial charge in [0.2, 0.25) is 0 Å². The van der Waals surface area contributed by atoms with E-state index in [1.165, 1.54) is 10.4 Å². The van der Waals surface area contributed by atoms with E-state index in [1.807, 2.05) is 24.3 Å². The summed E-state index contributed by atoms with van der Waals surface area (Å²) in [6.45, 7) is 7.90. The first-order valence-corrected chi connectivity index (χ1v) is 10.7. The number of esters is 1. The normalized spacial score (nSPS) is 26.6. The average Bonchev–Trinajstić information content (AvgIpc) is 3.37. The van der Waals surface area contributed by atoms with E-state index in [9.17, 15) is 4.79 Å². The van der Waals surface area contributed by atoms with Gasteiger partial charge in [-0.25, -0.2) is 0 Å². The lowest BCUT2D eigenvalue weighted by Gasteiger charge is -2.31. The lowest BCUT2D eigenvalue weighted by Crippen LogP contribution is -2.42. The summed E-state index contributed by atoms with van der Waals surface area (Å²) in [4.78, 5) is 19.4. The van der Waals surface area contributed by atoms with Crippen LogP contribution in [0, 0.1) is 11.3 Å². The number of carbonyl (C=O) groups is 1. The largest absolute Gasteiger partial charge is 0.472 e. The number of furan rings is 1. The van der Waals surface area contributed by atoms with E-state index in [2.05, 4.69) is 27.3 Å². The van der Waals surface area contributed by atoms with Crippen LogP contribution in [0.25, 0.3) is 0 Å². The van der Waals surface area contributed by atoms with Crippen LogP contribution < -0.4 is 0 Å². The van der Waals surface area contributed by atoms with Crippen molar-refractivity contribution in [3.8, 4) is 0 Å². The lowest BCUT2D eigenvalue weighted by molar-refractivity contribution is -0.157. The van der Waals surface area contributed by atoms with Crippen LogP contribution in [-0.4, -0.2) is 48.6 Å². The maximum atomic E-state index is 13.0. The van der Waals surface area contributed by atoms with Gasteiger partial charge in [0.25, 0.3) is 0 Å². The maximum absolute atomic E-state index is 13.0. The monoisotopic (exact) mass is 388 g/mol. The van der Waals surface area contributed by atoms with Gasteiger partial charge in [-0.1, -0.05) is 6.07 Å². The van der Waals surface area contributed by atoms with Crippen molar-refractivity contribution in [3.63, 3.8) is 0 Å². The summed E-state index contributed by atoms with van der Waals surface area (Å²) in [5.74, 6) is 0.314. The molecule has 0 aromatic carbocycles. The molecule has 2 aliphatic rings. The molecule has 2 fully saturated rings. The van der Waals surface area contributed by atoms with Gasteiger partial charge >= 0.3 is 5.97 Å². The second-order valence-electron chi connectivity index (χ2n) is 7.79. The predicted molar refractivity (Wildman–Crippen MR) is 105 cm³/mol. The molecule has 2 aliphatic heterocycles. The molecule has 6 heteroatoms. The van der Waals surface area contributed by atoms with Crippen LogP contribution in [0.1, 0.15) is 30.2 Å². The third-order valence-electron chi connectivity index (χ3n) is 5.97. The van der Waals surface area contributed by atoms with Gasteiger partial charge in [-0.15, -0.1) is 11.3 Å². The molecular weight excluding hydrogens is 360 g/mol. The van der Waals surface area contributed by atoms with Gasteiger partial charge in [0.05, 0.1) is 24.5 Å². The molecule has 0 spiro atoms. The van der Waals surface area contributed by atoms with Crippen molar-refractivity contribution in [2.45, 2.75) is 32.9 Å². The minimum atomic E-state index is -0.371. The molecule has 0 radical (unpaired) electrons. The molecule has 0 amide bonds. The summed E-state index contributed by atoms with van der Waals surface area (Å²) in [6, 6.07) is 6.32. The molecule has 2 aromatic heterocycles. The van der Waals surface area contributed by atoms with Crippen molar-refractivity contribution in [1.29, 1.82) is 0 Å². The summed E-state index contributed by atoms with van der Waals surface area (Å²) >= 11 is 1.81. The third-order valence-corrected chi connectivity index (χ3v) is 6.83. The van der Waals surface area contributed by atoms with Gasteiger partial charge in [0, 0.05) is 49.1 Å². The molecule has 0 N–H and O–H groups in total. The number of fused-ring (bicyclic) bond motifs is 1. The van der Waals surface area contributed by atoms with Crippen molar-refractivity contribution >= 4 is 17.3 Å². The Bertz CT molecular complexity index is 731. The van der Waals surface area contributed by atoms with Crippen molar-refractivity contribution < 1.29 is 13.9 Å². The summed E-state index contributed by atoms with van der Waals surface area (Å²) in [5.41, 5.74) is 0.796. The van der Waals surface area contributed by atoms with Crippen molar-refractivity contribution in [2.75, 3.05) is 32.8 Å². The Kier molecular flexibility index (Phi) is 5.66. The van der Waals surface area contributed by atoms with E-state index in [1.54, 1.807) is 12.5 Å². The second kappa shape index (κ2) is 8.17. The van der Waals surface area contributed by atoms with Crippen LogP contribution in [0.3, 0.4) is 0 Å². The zero-order valence-corrected chi connectivity index (χ0v) is 16.7. The Morgan fingerprint density at radius 2 is 2.22 bits per heavy atom. The van der Waals surface area contributed by atoms with E-state index < -0.39 is 0 Å². The maximum Gasteiger partial charge on any atom is 0.313 e. The predicted octanol–water partition coefficient (Wildman–Crippen LogP) is 3.62. The Morgan fingerprint density at radius 1 is 1.33 bits per heavy atom. The molecular formula is C21H28N2O3S. The molecule has 4 heterocycles. The van der Waals surface area contributed by atoms with Crippen LogP contribution in [0.5, 0.6) is 0 Å². The molecule has 0 saturated carbocycles. The van der Waals surface area contributed by atoms with Gasteiger partial charge in [-0.05, 0) is 43.8 Å². The highest BCUT2D eigenvalue weighted by atomic mass is 32.1. The molecule has 2 saturated heterocycles. The Hall–Kier alpha value is -1.63. The van der Waals surface area contributed by atoms with Crippen LogP contribution >= 0.6 is 11.3 Å². The molecule has 0 aliphatic carbocycles. The fraction of sp³-hybridized carbons (Fsp3) is 0.571. The topological polar surface area (TPSA) is 45.9 Å². The molecule has 5 nitrogen and oxygen atoms in total. The van der Waals surface area contributed by atoms with Crippen LogP contribution in [0.4, 0.5) is 0 Å². The summed E-state index contributed by atoms with van der Waals surface area (Å²) < 4.78 is 10.8. The van der Waals surface area contributed by atoms with Gasteiger partial charge in [-0.2, -0.15) is 0 Å². The van der Waals surface area contributed by atoms with Gasteiger partial charge in [0.15, 0.2) is 0 Å². The Labute approximate surface area is 164 Å². The van der Waals surface area contributed by atoms with Crippen LogP contribution in [0.2, 0.25) is 0 Å². The number of thiophene rings is 1. The number of likely N-dealkylation sites (tertiary alicyclic amines) is 2. The number of hydrogen-bond donors (Lipinski definition) is 0. The SMILES string of the molecule is CCOC(=O)[C@]12CCCN(Cc3cccs3)C[C@H]1CN(Cc1ccoc1)C2. The number of ether oxygens (including phenoxy) is 1. The Morgan fingerprint density at radius 3 is 2.96 bits per heavy atom. The van der Waals surface area contributed by atoms with E-state index in [-0.39, 0.29) is 11.4 Å². The van der Waals surface area contributed by atoms with Gasteiger partial charge in [-0.3, -0.25) is 14.6 Å². The fourth-order valence-corrected chi connectivity index (χ4v) is 5.50. The molecule has 146 valence electrons. The smallest absolute Gasteiger partial charge is 0.313 e. The van der Waals surface area contributed by atoms with Crippen LogP contribution in [-0.2, 0) is 22.6 Å². The minimum Gasteiger partial charge on any atom is -0.472 e. The standard InChI is InChI=1S/C21H28N2O3S/c1-2-26-20(24)21-7-4-8-22(14-19-5-3-10-27-19)12-18(21)13-23(16-21)11-17-6-9-25-15-17/h3,5-6,9-10,15,18H,2,4,7-8,11-14,16H2,1H3/t18-,21-/m0/s1. The summed E-state index contributed by atoms with van der Waals surface area (Å²) in [5, 5.41) is 2.14. The first kappa shape index (κ1) is 18.7. The first-order valence-electron chi connectivity index (χ1n) is 9.85. The molecule has 2 aromatic rings. The van der Waals surface area contributed by atoms with E-state index >= 15 is 0 Å².